The highest BCUT2D eigenvalue weighted by atomic mass is 35.5. The summed E-state index contributed by atoms with van der Waals surface area (Å²) in [5, 5.41) is 8.17. The van der Waals surface area contributed by atoms with Gasteiger partial charge in [-0.2, -0.15) is 0 Å². The number of hydrogen-bond acceptors (Lipinski definition) is 8. The molecule has 43 heavy (non-hydrogen) atoms. The molecule has 0 saturated carbocycles. The number of aromatic nitrogens is 3. The van der Waals surface area contributed by atoms with E-state index in [9.17, 15) is 18.0 Å². The molecule has 0 spiro atoms. The molecule has 2 saturated heterocycles. The predicted molar refractivity (Wildman–Crippen MR) is 165 cm³/mol. The van der Waals surface area contributed by atoms with E-state index < -0.39 is 21.7 Å². The largest absolute Gasteiger partial charge is 0.444 e. The lowest BCUT2D eigenvalue weighted by atomic mass is 9.98. The van der Waals surface area contributed by atoms with Gasteiger partial charge in [0.05, 0.1) is 41.5 Å². The number of aryl methyl sites for hydroxylation is 1. The van der Waals surface area contributed by atoms with E-state index >= 15 is 0 Å². The minimum absolute atomic E-state index is 0.0551. The van der Waals surface area contributed by atoms with E-state index in [1.807, 2.05) is 40.0 Å². The normalized spacial score (nSPS) is 19.5. The third-order valence-corrected chi connectivity index (χ3v) is 8.28. The Labute approximate surface area is 256 Å². The van der Waals surface area contributed by atoms with Gasteiger partial charge in [-0.05, 0) is 83.2 Å². The molecule has 2 amide bonds. The number of benzene rings is 1. The molecule has 232 valence electrons. The summed E-state index contributed by atoms with van der Waals surface area (Å²) in [6.07, 6.45) is 5.69. The van der Waals surface area contributed by atoms with E-state index in [1.165, 1.54) is 12.1 Å². The highest BCUT2D eigenvalue weighted by Gasteiger charge is 2.33. The number of halogens is 1. The predicted octanol–water partition coefficient (Wildman–Crippen LogP) is 4.53. The van der Waals surface area contributed by atoms with Crippen LogP contribution in [0.25, 0.3) is 5.65 Å². The first-order valence-corrected chi connectivity index (χ1v) is 16.6. The molecule has 5 rings (SSSR count). The highest BCUT2D eigenvalue weighted by molar-refractivity contribution is 7.92. The summed E-state index contributed by atoms with van der Waals surface area (Å²) in [4.78, 5) is 34.9. The summed E-state index contributed by atoms with van der Waals surface area (Å²) < 4.78 is 33.5. The number of likely N-dealkylation sites (tertiary alicyclic amines) is 1. The van der Waals surface area contributed by atoms with Gasteiger partial charge in [-0.3, -0.25) is 9.52 Å². The number of imidazole rings is 1. The number of alkyl carbamates (subject to hydrolysis) is 1. The maximum Gasteiger partial charge on any atom is 0.407 e. The molecule has 2 fully saturated rings. The molecule has 2 N–H and O–H groups in total. The van der Waals surface area contributed by atoms with Gasteiger partial charge in [0.2, 0.25) is 10.0 Å². The van der Waals surface area contributed by atoms with Crippen molar-refractivity contribution in [1.82, 2.24) is 24.8 Å². The molecular formula is C29H38ClN7O5S. The number of anilines is 2. The lowest BCUT2D eigenvalue weighted by molar-refractivity contribution is 0.0508. The van der Waals surface area contributed by atoms with Crippen molar-refractivity contribution in [2.24, 2.45) is 0 Å². The molecule has 0 aliphatic carbocycles. The van der Waals surface area contributed by atoms with Crippen LogP contribution in [0.15, 0.2) is 30.5 Å². The zero-order chi connectivity index (χ0) is 31.1. The number of nitrogens with one attached hydrogen (secondary N) is 2. The Morgan fingerprint density at radius 3 is 2.60 bits per heavy atom. The first kappa shape index (κ1) is 30.9. The van der Waals surface area contributed by atoms with Crippen molar-refractivity contribution >= 4 is 50.8 Å². The van der Waals surface area contributed by atoms with E-state index in [0.717, 1.165) is 43.4 Å². The molecule has 3 aromatic rings. The summed E-state index contributed by atoms with van der Waals surface area (Å²) in [5.41, 5.74) is 2.14. The fourth-order valence-electron chi connectivity index (χ4n) is 5.66. The molecule has 2 aliphatic heterocycles. The van der Waals surface area contributed by atoms with Gasteiger partial charge in [0, 0.05) is 24.7 Å². The topological polar surface area (TPSA) is 138 Å². The zero-order valence-electron chi connectivity index (χ0n) is 25.1. The first-order chi connectivity index (χ1) is 20.2. The number of sulfonamides is 1. The Bertz CT molecular complexity index is 1650. The summed E-state index contributed by atoms with van der Waals surface area (Å²) in [6, 6.07) is 6.14. The summed E-state index contributed by atoms with van der Waals surface area (Å²) in [6.45, 7) is 9.33. The van der Waals surface area contributed by atoms with E-state index in [4.69, 9.17) is 26.4 Å². The van der Waals surface area contributed by atoms with Crippen molar-refractivity contribution < 1.29 is 22.7 Å². The molecule has 0 unspecified atom stereocenters. The van der Waals surface area contributed by atoms with Gasteiger partial charge >= 0.3 is 6.09 Å². The van der Waals surface area contributed by atoms with Gasteiger partial charge in [0.15, 0.2) is 11.5 Å². The van der Waals surface area contributed by atoms with Gasteiger partial charge < -0.3 is 19.9 Å². The minimum Gasteiger partial charge on any atom is -0.444 e. The Morgan fingerprint density at radius 2 is 1.88 bits per heavy atom. The molecule has 0 bridgehead atoms. The Kier molecular flexibility index (Phi) is 8.50. The second-order valence-electron chi connectivity index (χ2n) is 12.3. The summed E-state index contributed by atoms with van der Waals surface area (Å²) >= 11 is 6.22. The minimum atomic E-state index is -3.61. The number of nitrogens with zero attached hydrogens (tertiary/aromatic N) is 5. The molecule has 2 aliphatic rings. The molecule has 4 heterocycles. The Hall–Kier alpha value is -3.58. The van der Waals surface area contributed by atoms with Gasteiger partial charge in [0.1, 0.15) is 5.60 Å². The monoisotopic (exact) mass is 631 g/mol. The number of carbonyl (C=O) groups is 2. The van der Waals surface area contributed by atoms with Crippen LogP contribution in [0.4, 0.5) is 16.3 Å². The molecule has 0 radical (unpaired) electrons. The zero-order valence-corrected chi connectivity index (χ0v) is 26.6. The van der Waals surface area contributed by atoms with Crippen molar-refractivity contribution in [2.75, 3.05) is 35.5 Å². The third kappa shape index (κ3) is 7.32. The van der Waals surface area contributed by atoms with Gasteiger partial charge in [-0.15, -0.1) is 5.10 Å². The van der Waals surface area contributed by atoms with Crippen LogP contribution in [0.2, 0.25) is 5.02 Å². The van der Waals surface area contributed by atoms with Crippen LogP contribution in [-0.4, -0.2) is 77.4 Å². The second kappa shape index (κ2) is 11.8. The Morgan fingerprint density at radius 1 is 1.12 bits per heavy atom. The number of hydrogen-bond donors (Lipinski definition) is 2. The maximum atomic E-state index is 13.9. The fourth-order valence-corrected chi connectivity index (χ4v) is 6.41. The van der Waals surface area contributed by atoms with Crippen molar-refractivity contribution in [3.05, 3.63) is 52.3 Å². The Balaban J connectivity index is 1.38. The van der Waals surface area contributed by atoms with Crippen LogP contribution in [0.3, 0.4) is 0 Å². The van der Waals surface area contributed by atoms with Gasteiger partial charge in [-0.1, -0.05) is 11.6 Å². The SMILES string of the molecule is Cc1cc2nc([C@@H]3CCCCN3C(=O)c3cc(Cl)ccc3NS(C)(=O)=O)cn2nc1N1CC[C@H](NC(=O)OC(C)(C)C)C1. The summed E-state index contributed by atoms with van der Waals surface area (Å²) in [5.74, 6) is 0.484. The van der Waals surface area contributed by atoms with Gasteiger partial charge in [-0.25, -0.2) is 22.7 Å². The van der Waals surface area contributed by atoms with Crippen LogP contribution in [0.1, 0.15) is 74.1 Å². The van der Waals surface area contributed by atoms with Crippen LogP contribution < -0.4 is 14.9 Å². The lowest BCUT2D eigenvalue weighted by Gasteiger charge is -2.35. The highest BCUT2D eigenvalue weighted by Crippen LogP contribution is 2.34. The number of piperidine rings is 1. The number of fused-ring (bicyclic) bond motifs is 1. The van der Waals surface area contributed by atoms with Crippen molar-refractivity contribution in [3.63, 3.8) is 0 Å². The van der Waals surface area contributed by atoms with Crippen LogP contribution in [0.5, 0.6) is 0 Å². The smallest absolute Gasteiger partial charge is 0.407 e. The van der Waals surface area contributed by atoms with Crippen LogP contribution >= 0.6 is 11.6 Å². The van der Waals surface area contributed by atoms with Crippen molar-refractivity contribution in [2.45, 2.75) is 71.1 Å². The second-order valence-corrected chi connectivity index (χ2v) is 14.5. The maximum absolute atomic E-state index is 13.9. The summed E-state index contributed by atoms with van der Waals surface area (Å²) in [7, 11) is -3.61. The molecule has 2 atom stereocenters. The van der Waals surface area contributed by atoms with Crippen LogP contribution in [0, 0.1) is 6.92 Å². The molecule has 1 aromatic carbocycles. The third-order valence-electron chi connectivity index (χ3n) is 7.45. The number of amides is 2. The number of ether oxygens (including phenoxy) is 1. The molecule has 12 nitrogen and oxygen atoms in total. The van der Waals surface area contributed by atoms with Crippen molar-refractivity contribution in [3.8, 4) is 0 Å². The standard InChI is InChI=1S/C29H38ClN7O5S/c1-18-14-25-32-23(17-37(25)33-26(18)35-13-11-20(16-35)31-28(39)42-29(2,3)4)24-8-6-7-12-36(24)27(38)21-15-19(30)9-10-22(21)34-43(5,40)41/h9-10,14-15,17,20,24,34H,6-8,11-13,16H2,1-5H3,(H,31,39)/t20-,24-/m0/s1. The van der Waals surface area contributed by atoms with E-state index in [2.05, 4.69) is 14.9 Å². The lowest BCUT2D eigenvalue weighted by Crippen LogP contribution is -2.40. The number of rotatable bonds is 6. The molecular weight excluding hydrogens is 594 g/mol. The molecule has 2 aromatic heterocycles. The number of carbonyl (C=O) groups excluding carboxylic acids is 2. The van der Waals surface area contributed by atoms with E-state index in [0.29, 0.717) is 35.9 Å². The van der Waals surface area contributed by atoms with E-state index in [1.54, 1.807) is 15.5 Å². The fraction of sp³-hybridized carbons (Fsp3) is 0.517. The average Bonchev–Trinajstić information content (AvgIpc) is 3.53. The average molecular weight is 632 g/mol. The van der Waals surface area contributed by atoms with E-state index in [-0.39, 0.29) is 29.2 Å². The van der Waals surface area contributed by atoms with Crippen molar-refractivity contribution in [1.29, 1.82) is 0 Å². The quantitative estimate of drug-likeness (QED) is 0.405. The van der Waals surface area contributed by atoms with Gasteiger partial charge in [0.25, 0.3) is 5.91 Å². The molecule has 14 heteroatoms. The van der Waals surface area contributed by atoms with Crippen LogP contribution in [-0.2, 0) is 14.8 Å². The first-order valence-electron chi connectivity index (χ1n) is 14.4.